The summed E-state index contributed by atoms with van der Waals surface area (Å²) in [5.74, 6) is 0.783. The lowest BCUT2D eigenvalue weighted by atomic mass is 10.2. The van der Waals surface area contributed by atoms with Gasteiger partial charge in [-0.05, 0) is 38.1 Å². The minimum absolute atomic E-state index is 0.0885. The second kappa shape index (κ2) is 5.27. The van der Waals surface area contributed by atoms with Crippen molar-refractivity contribution in [1.82, 2.24) is 0 Å². The number of nitrogens with two attached hydrogens (primary N) is 1. The molecule has 1 aliphatic rings. The van der Waals surface area contributed by atoms with Crippen LogP contribution in [0, 0.1) is 0 Å². The zero-order chi connectivity index (χ0) is 13.1. The van der Waals surface area contributed by atoms with Gasteiger partial charge in [0.15, 0.2) is 0 Å². The average Bonchev–Trinajstić information content (AvgIpc) is 2.71. The largest absolute Gasteiger partial charge is 0.491 e. The van der Waals surface area contributed by atoms with E-state index < -0.39 is 0 Å². The van der Waals surface area contributed by atoms with Gasteiger partial charge in [0.25, 0.3) is 0 Å². The summed E-state index contributed by atoms with van der Waals surface area (Å²) in [4.78, 5) is 13.2. The van der Waals surface area contributed by atoms with Crippen molar-refractivity contribution >= 4 is 11.8 Å². The molecule has 0 aromatic heterocycles. The lowest BCUT2D eigenvalue weighted by Crippen LogP contribution is -2.38. The van der Waals surface area contributed by atoms with Crippen LogP contribution < -0.4 is 15.4 Å². The zero-order valence-electron chi connectivity index (χ0n) is 10.6. The molecule has 18 heavy (non-hydrogen) atoms. The van der Waals surface area contributed by atoms with Gasteiger partial charge in [-0.1, -0.05) is 0 Å². The molecule has 1 aliphatic heterocycles. The fraction of sp³-hybridized carbons (Fsp3) is 0.462. The van der Waals surface area contributed by atoms with Crippen LogP contribution in [0.4, 0.5) is 10.5 Å². The first-order valence-electron chi connectivity index (χ1n) is 6.04. The molecule has 1 heterocycles. The van der Waals surface area contributed by atoms with Gasteiger partial charge in [-0.25, -0.2) is 4.79 Å². The lowest BCUT2D eigenvalue weighted by Gasteiger charge is -2.20. The molecule has 2 rings (SSSR count). The number of ether oxygens (including phenoxy) is 2. The van der Waals surface area contributed by atoms with Gasteiger partial charge in [0.2, 0.25) is 0 Å². The van der Waals surface area contributed by atoms with Gasteiger partial charge in [-0.3, -0.25) is 4.90 Å². The number of hydrogen-bond donors (Lipinski definition) is 1. The van der Waals surface area contributed by atoms with Crippen molar-refractivity contribution in [3.05, 3.63) is 24.3 Å². The first kappa shape index (κ1) is 12.7. The fourth-order valence-electron chi connectivity index (χ4n) is 1.91. The molecular formula is C13H18N2O3. The molecule has 2 N–H and O–H groups in total. The van der Waals surface area contributed by atoms with Crippen molar-refractivity contribution in [3.8, 4) is 5.75 Å². The van der Waals surface area contributed by atoms with Crippen LogP contribution in [-0.2, 0) is 4.74 Å². The fourth-order valence-corrected chi connectivity index (χ4v) is 1.91. The molecule has 5 heteroatoms. The second-order valence-electron chi connectivity index (χ2n) is 4.50. The molecule has 1 fully saturated rings. The predicted molar refractivity (Wildman–Crippen MR) is 68.9 cm³/mol. The molecule has 0 spiro atoms. The predicted octanol–water partition coefficient (Wildman–Crippen LogP) is 1.76. The Labute approximate surface area is 106 Å². The van der Waals surface area contributed by atoms with Gasteiger partial charge in [0.05, 0.1) is 12.1 Å². The van der Waals surface area contributed by atoms with Gasteiger partial charge in [0, 0.05) is 12.2 Å². The Balaban J connectivity index is 2.15. The molecule has 5 nitrogen and oxygen atoms in total. The van der Waals surface area contributed by atoms with Crippen LogP contribution in [0.5, 0.6) is 5.75 Å². The van der Waals surface area contributed by atoms with E-state index in [1.54, 1.807) is 4.90 Å². The minimum Gasteiger partial charge on any atom is -0.491 e. The van der Waals surface area contributed by atoms with E-state index in [0.29, 0.717) is 13.2 Å². The average molecular weight is 250 g/mol. The van der Waals surface area contributed by atoms with E-state index in [0.717, 1.165) is 11.4 Å². The Kier molecular flexibility index (Phi) is 3.72. The number of hydrogen-bond acceptors (Lipinski definition) is 4. The van der Waals surface area contributed by atoms with E-state index in [1.807, 2.05) is 38.1 Å². The summed E-state index contributed by atoms with van der Waals surface area (Å²) in [7, 11) is 0. The van der Waals surface area contributed by atoms with Gasteiger partial charge in [-0.15, -0.1) is 0 Å². The number of cyclic esters (lactones) is 1. The van der Waals surface area contributed by atoms with Gasteiger partial charge >= 0.3 is 6.09 Å². The molecule has 1 amide bonds. The van der Waals surface area contributed by atoms with Crippen LogP contribution in [0.3, 0.4) is 0 Å². The number of nitrogens with zero attached hydrogens (tertiary/aromatic N) is 1. The topological polar surface area (TPSA) is 64.8 Å². The number of anilines is 1. The molecule has 0 radical (unpaired) electrons. The number of carbonyl (C=O) groups excluding carboxylic acids is 1. The Bertz CT molecular complexity index is 417. The summed E-state index contributed by atoms with van der Waals surface area (Å²) in [6, 6.07) is 7.28. The Morgan fingerprint density at radius 1 is 1.44 bits per heavy atom. The van der Waals surface area contributed by atoms with Crippen LogP contribution >= 0.6 is 0 Å². The molecule has 1 aromatic carbocycles. The third-order valence-electron chi connectivity index (χ3n) is 2.72. The van der Waals surface area contributed by atoms with E-state index in [9.17, 15) is 4.79 Å². The quantitative estimate of drug-likeness (QED) is 0.884. The third-order valence-corrected chi connectivity index (χ3v) is 2.72. The molecule has 98 valence electrons. The number of carbonyl (C=O) groups is 1. The highest BCUT2D eigenvalue weighted by Crippen LogP contribution is 2.25. The van der Waals surface area contributed by atoms with Gasteiger partial charge in [0.1, 0.15) is 12.4 Å². The van der Waals surface area contributed by atoms with E-state index in [4.69, 9.17) is 15.2 Å². The van der Waals surface area contributed by atoms with Crippen LogP contribution in [0.25, 0.3) is 0 Å². The molecule has 1 saturated heterocycles. The van der Waals surface area contributed by atoms with E-state index in [1.165, 1.54) is 0 Å². The summed E-state index contributed by atoms with van der Waals surface area (Å²) in [6.07, 6.45) is -0.215. The molecule has 0 saturated carbocycles. The first-order valence-corrected chi connectivity index (χ1v) is 6.04. The number of rotatable bonds is 4. The standard InChI is InChI=1S/C13H18N2O3/c1-9(2)18-12-5-3-10(4-6-12)15-11(7-14)8-17-13(15)16/h3-6,9,11H,7-8,14H2,1-2H3. The Hall–Kier alpha value is -1.75. The Morgan fingerprint density at radius 2 is 2.11 bits per heavy atom. The maximum atomic E-state index is 11.6. The van der Waals surface area contributed by atoms with Crippen molar-refractivity contribution in [2.75, 3.05) is 18.1 Å². The summed E-state index contributed by atoms with van der Waals surface area (Å²) in [5, 5.41) is 0. The van der Waals surface area contributed by atoms with Crippen molar-refractivity contribution in [3.63, 3.8) is 0 Å². The van der Waals surface area contributed by atoms with Crippen LogP contribution in [-0.4, -0.2) is 31.4 Å². The van der Waals surface area contributed by atoms with Crippen LogP contribution in [0.15, 0.2) is 24.3 Å². The van der Waals surface area contributed by atoms with E-state index in [-0.39, 0.29) is 18.2 Å². The SMILES string of the molecule is CC(C)Oc1ccc(N2C(=O)OCC2CN)cc1. The zero-order valence-corrected chi connectivity index (χ0v) is 10.6. The summed E-state index contributed by atoms with van der Waals surface area (Å²) < 4.78 is 10.5. The number of amides is 1. The van der Waals surface area contributed by atoms with E-state index >= 15 is 0 Å². The highest BCUT2D eigenvalue weighted by molar-refractivity contribution is 5.90. The molecule has 1 atom stereocenters. The molecule has 1 aromatic rings. The maximum absolute atomic E-state index is 11.6. The monoisotopic (exact) mass is 250 g/mol. The maximum Gasteiger partial charge on any atom is 0.414 e. The van der Waals surface area contributed by atoms with Crippen molar-refractivity contribution < 1.29 is 14.3 Å². The summed E-state index contributed by atoms with van der Waals surface area (Å²) in [6.45, 7) is 4.67. The van der Waals surface area contributed by atoms with Gasteiger partial charge in [-0.2, -0.15) is 0 Å². The van der Waals surface area contributed by atoms with E-state index in [2.05, 4.69) is 0 Å². The van der Waals surface area contributed by atoms with Crippen molar-refractivity contribution in [1.29, 1.82) is 0 Å². The molecule has 1 unspecified atom stereocenters. The molecule has 0 bridgehead atoms. The van der Waals surface area contributed by atoms with Crippen molar-refractivity contribution in [2.45, 2.75) is 26.0 Å². The first-order chi connectivity index (χ1) is 8.61. The van der Waals surface area contributed by atoms with Crippen LogP contribution in [0.1, 0.15) is 13.8 Å². The smallest absolute Gasteiger partial charge is 0.414 e. The number of benzene rings is 1. The minimum atomic E-state index is -0.344. The van der Waals surface area contributed by atoms with Crippen molar-refractivity contribution in [2.24, 2.45) is 5.73 Å². The highest BCUT2D eigenvalue weighted by atomic mass is 16.6. The summed E-state index contributed by atoms with van der Waals surface area (Å²) >= 11 is 0. The third kappa shape index (κ3) is 2.56. The lowest BCUT2D eigenvalue weighted by molar-refractivity contribution is 0.179. The molecular weight excluding hydrogens is 232 g/mol. The summed E-state index contributed by atoms with van der Waals surface area (Å²) in [5.41, 5.74) is 6.40. The Morgan fingerprint density at radius 3 is 2.67 bits per heavy atom. The second-order valence-corrected chi connectivity index (χ2v) is 4.50. The normalized spacial score (nSPS) is 19.2. The molecule has 0 aliphatic carbocycles. The van der Waals surface area contributed by atoms with Gasteiger partial charge < -0.3 is 15.2 Å². The highest BCUT2D eigenvalue weighted by Gasteiger charge is 2.33. The van der Waals surface area contributed by atoms with Crippen LogP contribution in [0.2, 0.25) is 0 Å².